The Hall–Kier alpha value is -2.13. The van der Waals surface area contributed by atoms with Crippen molar-refractivity contribution in [1.82, 2.24) is 5.32 Å². The van der Waals surface area contributed by atoms with Gasteiger partial charge in [-0.15, -0.1) is 0 Å². The number of allylic oxidation sites excluding steroid dienone is 3. The van der Waals surface area contributed by atoms with Gasteiger partial charge in [0.2, 0.25) is 0 Å². The first-order chi connectivity index (χ1) is 14.5. The van der Waals surface area contributed by atoms with Gasteiger partial charge in [0.15, 0.2) is 0 Å². The van der Waals surface area contributed by atoms with Gasteiger partial charge in [-0.05, 0) is 18.2 Å². The van der Waals surface area contributed by atoms with E-state index >= 15 is 0 Å². The van der Waals surface area contributed by atoms with Crippen LogP contribution in [0.2, 0.25) is 0 Å². The van der Waals surface area contributed by atoms with Crippen LogP contribution in [0, 0.1) is 0 Å². The molecule has 1 aliphatic heterocycles. The first kappa shape index (κ1) is 22.6. The number of anilines is 2. The molecule has 1 fully saturated rings. The SMILES string of the molecule is COc1cc(NCC(O)CNC(=O)C2=CC(Cl)=CCC2=S)ccc1N1CCOCC1. The van der Waals surface area contributed by atoms with Crippen LogP contribution in [0.5, 0.6) is 5.75 Å². The Kier molecular flexibility index (Phi) is 8.09. The number of morpholine rings is 1. The molecule has 0 aromatic heterocycles. The first-order valence-electron chi connectivity index (χ1n) is 9.79. The average Bonchev–Trinajstić information content (AvgIpc) is 2.78. The molecule has 1 unspecified atom stereocenters. The van der Waals surface area contributed by atoms with Crippen molar-refractivity contribution in [2.24, 2.45) is 0 Å². The number of methoxy groups -OCH3 is 1. The monoisotopic (exact) mass is 451 g/mol. The minimum Gasteiger partial charge on any atom is -0.495 e. The number of hydrogen-bond donors (Lipinski definition) is 3. The average molecular weight is 452 g/mol. The molecule has 3 N–H and O–H groups in total. The number of thiocarbonyl (C=S) groups is 1. The van der Waals surface area contributed by atoms with Crippen molar-refractivity contribution in [3.05, 3.63) is 41.0 Å². The standard InChI is InChI=1S/C21H26ClN3O4S/c1-28-19-11-15(3-4-18(19)25-6-8-29-9-7-25)23-12-16(26)13-24-21(27)17-10-14(22)2-5-20(17)30/h2-4,10-11,16,23,26H,5-9,12-13H2,1H3,(H,24,27). The lowest BCUT2D eigenvalue weighted by Crippen LogP contribution is -2.37. The summed E-state index contributed by atoms with van der Waals surface area (Å²) < 4.78 is 10.9. The zero-order chi connectivity index (χ0) is 21.5. The Labute approximate surface area is 186 Å². The molecule has 0 spiro atoms. The van der Waals surface area contributed by atoms with Crippen LogP contribution in [0.3, 0.4) is 0 Å². The second kappa shape index (κ2) is 10.8. The van der Waals surface area contributed by atoms with Gasteiger partial charge in [-0.1, -0.05) is 29.9 Å². The number of nitrogens with one attached hydrogen (secondary N) is 2. The summed E-state index contributed by atoms with van der Waals surface area (Å²) >= 11 is 11.2. The topological polar surface area (TPSA) is 83.1 Å². The van der Waals surface area contributed by atoms with Crippen LogP contribution in [0.25, 0.3) is 0 Å². The number of carbonyl (C=O) groups excluding carboxylic acids is 1. The van der Waals surface area contributed by atoms with Gasteiger partial charge in [0.05, 0.1) is 37.7 Å². The number of nitrogens with zero attached hydrogens (tertiary/aromatic N) is 1. The van der Waals surface area contributed by atoms with Crippen molar-refractivity contribution in [1.29, 1.82) is 0 Å². The van der Waals surface area contributed by atoms with Gasteiger partial charge in [-0.2, -0.15) is 0 Å². The van der Waals surface area contributed by atoms with E-state index in [2.05, 4.69) is 15.5 Å². The molecule has 0 saturated carbocycles. The Bertz CT molecular complexity index is 853. The molecule has 0 bridgehead atoms. The number of ether oxygens (including phenoxy) is 2. The summed E-state index contributed by atoms with van der Waals surface area (Å²) in [6, 6.07) is 5.84. The molecule has 0 radical (unpaired) electrons. The van der Waals surface area contributed by atoms with E-state index in [4.69, 9.17) is 33.3 Å². The summed E-state index contributed by atoms with van der Waals surface area (Å²) in [6.07, 6.45) is 3.01. The number of aliphatic hydroxyl groups excluding tert-OH is 1. The van der Waals surface area contributed by atoms with Gasteiger partial charge in [0.25, 0.3) is 5.91 Å². The van der Waals surface area contributed by atoms with Gasteiger partial charge in [-0.25, -0.2) is 0 Å². The van der Waals surface area contributed by atoms with E-state index in [1.807, 2.05) is 18.2 Å². The van der Waals surface area contributed by atoms with Gasteiger partial charge in [0, 0.05) is 54.3 Å². The van der Waals surface area contributed by atoms with Crippen molar-refractivity contribution in [3.63, 3.8) is 0 Å². The molecule has 7 nitrogen and oxygen atoms in total. The number of carbonyl (C=O) groups is 1. The molecule has 1 saturated heterocycles. The summed E-state index contributed by atoms with van der Waals surface area (Å²) in [7, 11) is 1.64. The molecule has 1 aromatic carbocycles. The highest BCUT2D eigenvalue weighted by Crippen LogP contribution is 2.31. The van der Waals surface area contributed by atoms with E-state index in [0.717, 1.165) is 30.2 Å². The number of amides is 1. The van der Waals surface area contributed by atoms with Gasteiger partial charge < -0.3 is 30.1 Å². The smallest absolute Gasteiger partial charge is 0.252 e. The molecule has 1 aromatic rings. The highest BCUT2D eigenvalue weighted by molar-refractivity contribution is 7.81. The predicted molar refractivity (Wildman–Crippen MR) is 123 cm³/mol. The van der Waals surface area contributed by atoms with E-state index < -0.39 is 6.10 Å². The minimum absolute atomic E-state index is 0.0934. The van der Waals surface area contributed by atoms with Gasteiger partial charge in [-0.3, -0.25) is 4.79 Å². The van der Waals surface area contributed by atoms with Crippen LogP contribution in [0.1, 0.15) is 6.42 Å². The summed E-state index contributed by atoms with van der Waals surface area (Å²) in [5, 5.41) is 16.6. The Morgan fingerprint density at radius 2 is 2.13 bits per heavy atom. The Balaban J connectivity index is 1.50. The molecule has 1 aliphatic carbocycles. The zero-order valence-corrected chi connectivity index (χ0v) is 18.4. The van der Waals surface area contributed by atoms with E-state index in [-0.39, 0.29) is 19.0 Å². The van der Waals surface area contributed by atoms with Crippen molar-refractivity contribution in [2.75, 3.05) is 56.7 Å². The lowest BCUT2D eigenvalue weighted by molar-refractivity contribution is -0.117. The highest BCUT2D eigenvalue weighted by atomic mass is 35.5. The maximum atomic E-state index is 12.3. The number of benzene rings is 1. The number of hydrogen-bond acceptors (Lipinski definition) is 7. The summed E-state index contributed by atoms with van der Waals surface area (Å²) in [5.41, 5.74) is 2.21. The van der Waals surface area contributed by atoms with Crippen LogP contribution < -0.4 is 20.3 Å². The van der Waals surface area contributed by atoms with Gasteiger partial charge in [0.1, 0.15) is 5.75 Å². The lowest BCUT2D eigenvalue weighted by Gasteiger charge is -2.30. The maximum Gasteiger partial charge on any atom is 0.252 e. The molecule has 2 aliphatic rings. The molecule has 3 rings (SSSR count). The third-order valence-electron chi connectivity index (χ3n) is 4.88. The van der Waals surface area contributed by atoms with Crippen molar-refractivity contribution in [3.8, 4) is 5.75 Å². The van der Waals surface area contributed by atoms with E-state index in [9.17, 15) is 9.90 Å². The maximum absolute atomic E-state index is 12.3. The fourth-order valence-electron chi connectivity index (χ4n) is 3.24. The molecular weight excluding hydrogens is 426 g/mol. The van der Waals surface area contributed by atoms with Crippen molar-refractivity contribution < 1.29 is 19.4 Å². The van der Waals surface area contributed by atoms with E-state index in [1.54, 1.807) is 19.3 Å². The van der Waals surface area contributed by atoms with E-state index in [0.29, 0.717) is 35.1 Å². The van der Waals surface area contributed by atoms with Gasteiger partial charge >= 0.3 is 0 Å². The Morgan fingerprint density at radius 1 is 1.37 bits per heavy atom. The highest BCUT2D eigenvalue weighted by Gasteiger charge is 2.19. The fourth-order valence-corrected chi connectivity index (χ4v) is 3.66. The van der Waals surface area contributed by atoms with Crippen LogP contribution in [-0.2, 0) is 9.53 Å². The number of halogens is 1. The molecule has 9 heteroatoms. The predicted octanol–water partition coefficient (Wildman–Crippen LogP) is 2.24. The molecule has 1 amide bonds. The summed E-state index contributed by atoms with van der Waals surface area (Å²) in [5.74, 6) is 0.425. The molecule has 1 atom stereocenters. The fraction of sp³-hybridized carbons (Fsp3) is 0.429. The van der Waals surface area contributed by atoms with Crippen LogP contribution in [0.4, 0.5) is 11.4 Å². The minimum atomic E-state index is -0.775. The summed E-state index contributed by atoms with van der Waals surface area (Å²) in [4.78, 5) is 15.1. The van der Waals surface area contributed by atoms with Crippen molar-refractivity contribution in [2.45, 2.75) is 12.5 Å². The largest absolute Gasteiger partial charge is 0.495 e. The summed E-state index contributed by atoms with van der Waals surface area (Å²) in [6.45, 7) is 3.40. The molecule has 1 heterocycles. The number of aliphatic hydroxyl groups is 1. The van der Waals surface area contributed by atoms with E-state index in [1.165, 1.54) is 0 Å². The number of rotatable bonds is 8. The lowest BCUT2D eigenvalue weighted by atomic mass is 10.0. The van der Waals surface area contributed by atoms with Crippen LogP contribution in [-0.4, -0.2) is 68.5 Å². The molecule has 162 valence electrons. The third-order valence-corrected chi connectivity index (χ3v) is 5.53. The van der Waals surface area contributed by atoms with Crippen LogP contribution >= 0.6 is 23.8 Å². The quantitative estimate of drug-likeness (QED) is 0.523. The van der Waals surface area contributed by atoms with Crippen LogP contribution in [0.15, 0.2) is 41.0 Å². The normalized spacial score (nSPS) is 17.7. The zero-order valence-electron chi connectivity index (χ0n) is 16.8. The molecular formula is C21H26ClN3O4S. The van der Waals surface area contributed by atoms with Crippen molar-refractivity contribution >= 4 is 46.0 Å². The second-order valence-corrected chi connectivity index (χ2v) is 7.93. The first-order valence-corrected chi connectivity index (χ1v) is 10.6. The Morgan fingerprint density at radius 3 is 2.87 bits per heavy atom. The third kappa shape index (κ3) is 5.95. The second-order valence-electron chi connectivity index (χ2n) is 7.01. The molecule has 30 heavy (non-hydrogen) atoms.